The molecule has 5 rings (SSSR count). The fraction of sp³-hybridized carbons (Fsp3) is 0.500. The summed E-state index contributed by atoms with van der Waals surface area (Å²) in [6.07, 6.45) is 7.16. The third-order valence-corrected chi connectivity index (χ3v) is 7.33. The Kier molecular flexibility index (Phi) is 4.41. The number of urea groups is 1. The van der Waals surface area contributed by atoms with Crippen LogP contribution in [0.3, 0.4) is 0 Å². The number of fused-ring (bicyclic) bond motifs is 3. The Morgan fingerprint density at radius 1 is 1.30 bits per heavy atom. The standard InChI is InChI=1S/C20H24FN5O3S/c1-20(21)10-26-18(29-11-20)16(9-23-26)30(22,28)25-19(27)24-17-14-6-2-4-12(14)8-13-5-3-7-15(13)17/h8-9H,2-7,10-11H2,1H3,(H3,22,24,25,27,28)/t20-,30?/m0/s1. The van der Waals surface area contributed by atoms with Gasteiger partial charge in [-0.15, -0.1) is 4.36 Å². The fourth-order valence-corrected chi connectivity index (χ4v) is 5.66. The van der Waals surface area contributed by atoms with Crippen LogP contribution in [-0.2, 0) is 42.1 Å². The number of rotatable bonds is 2. The van der Waals surface area contributed by atoms with Crippen LogP contribution in [0.4, 0.5) is 14.9 Å². The van der Waals surface area contributed by atoms with E-state index in [-0.39, 0.29) is 23.9 Å². The average molecular weight is 434 g/mol. The fourth-order valence-electron chi connectivity index (χ4n) is 4.66. The smallest absolute Gasteiger partial charge is 0.354 e. The zero-order valence-corrected chi connectivity index (χ0v) is 17.6. The molecule has 8 nitrogen and oxygen atoms in total. The SMILES string of the molecule is C[C@@]1(F)COc2c(S(N)(=O)=NC(=O)Nc3c4c(cc5c3CCC5)CCC4)cnn2C1. The third-order valence-electron chi connectivity index (χ3n) is 5.99. The van der Waals surface area contributed by atoms with Gasteiger partial charge in [-0.3, -0.25) is 0 Å². The molecule has 0 bridgehead atoms. The highest BCUT2D eigenvalue weighted by Gasteiger charge is 2.35. The molecule has 0 saturated heterocycles. The Morgan fingerprint density at radius 3 is 2.63 bits per heavy atom. The van der Waals surface area contributed by atoms with Crippen molar-refractivity contribution in [3.8, 4) is 5.88 Å². The van der Waals surface area contributed by atoms with Gasteiger partial charge in [0.25, 0.3) is 0 Å². The number of halogens is 1. The van der Waals surface area contributed by atoms with Gasteiger partial charge in [0.05, 0.1) is 12.7 Å². The number of carbonyl (C=O) groups excluding carboxylic acids is 1. The van der Waals surface area contributed by atoms with Crippen LogP contribution in [-0.4, -0.2) is 32.3 Å². The Labute approximate surface area is 174 Å². The van der Waals surface area contributed by atoms with Crippen molar-refractivity contribution >= 4 is 21.6 Å². The van der Waals surface area contributed by atoms with Crippen molar-refractivity contribution in [1.29, 1.82) is 0 Å². The normalized spacial score (nSPS) is 23.7. The molecule has 1 aliphatic heterocycles. The molecule has 2 heterocycles. The molecule has 1 aromatic carbocycles. The van der Waals surface area contributed by atoms with Crippen LogP contribution in [0.2, 0.25) is 0 Å². The van der Waals surface area contributed by atoms with Gasteiger partial charge < -0.3 is 10.1 Å². The minimum absolute atomic E-state index is 0.00308. The zero-order chi connectivity index (χ0) is 21.1. The van der Waals surface area contributed by atoms with E-state index in [1.165, 1.54) is 28.9 Å². The lowest BCUT2D eigenvalue weighted by Crippen LogP contribution is -2.38. The number of anilines is 1. The Hall–Kier alpha value is -2.46. The molecule has 10 heteroatoms. The molecule has 2 aliphatic carbocycles. The number of amides is 2. The molecule has 0 saturated carbocycles. The molecule has 3 N–H and O–H groups in total. The molecule has 0 radical (unpaired) electrons. The minimum Gasteiger partial charge on any atom is -0.473 e. The quantitative estimate of drug-likeness (QED) is 0.758. The van der Waals surface area contributed by atoms with Crippen molar-refractivity contribution in [3.05, 3.63) is 34.5 Å². The molecule has 2 aromatic rings. The lowest BCUT2D eigenvalue weighted by Gasteiger charge is -2.27. The molecular weight excluding hydrogens is 409 g/mol. The van der Waals surface area contributed by atoms with E-state index in [1.54, 1.807) is 0 Å². The van der Waals surface area contributed by atoms with Crippen molar-refractivity contribution in [2.45, 2.75) is 62.6 Å². The van der Waals surface area contributed by atoms with Crippen molar-refractivity contribution in [1.82, 2.24) is 9.78 Å². The number of hydrogen-bond acceptors (Lipinski definition) is 4. The number of carbonyl (C=O) groups is 1. The highest BCUT2D eigenvalue weighted by molar-refractivity contribution is 7.91. The van der Waals surface area contributed by atoms with E-state index in [0.29, 0.717) is 0 Å². The van der Waals surface area contributed by atoms with E-state index in [0.717, 1.165) is 55.3 Å². The maximum atomic E-state index is 14.2. The number of nitrogens with one attached hydrogen (secondary N) is 1. The number of ether oxygens (including phenoxy) is 1. The van der Waals surface area contributed by atoms with E-state index in [2.05, 4.69) is 20.8 Å². The van der Waals surface area contributed by atoms with Crippen LogP contribution in [0.15, 0.2) is 21.5 Å². The maximum Gasteiger partial charge on any atom is 0.354 e. The molecule has 2 amide bonds. The van der Waals surface area contributed by atoms with Gasteiger partial charge in [-0.1, -0.05) is 6.07 Å². The van der Waals surface area contributed by atoms with Crippen LogP contribution in [0.1, 0.15) is 42.0 Å². The number of nitrogens with zero attached hydrogens (tertiary/aromatic N) is 3. The largest absolute Gasteiger partial charge is 0.473 e. The van der Waals surface area contributed by atoms with E-state index in [9.17, 15) is 13.4 Å². The summed E-state index contributed by atoms with van der Waals surface area (Å²) in [5, 5.41) is 12.8. The Morgan fingerprint density at radius 2 is 1.97 bits per heavy atom. The predicted octanol–water partition coefficient (Wildman–Crippen LogP) is 2.91. The Bertz CT molecular complexity index is 1150. The van der Waals surface area contributed by atoms with Gasteiger partial charge in [0.2, 0.25) is 5.88 Å². The van der Waals surface area contributed by atoms with Crippen LogP contribution in [0.5, 0.6) is 5.88 Å². The zero-order valence-electron chi connectivity index (χ0n) is 16.7. The summed E-state index contributed by atoms with van der Waals surface area (Å²) in [5.41, 5.74) is 4.06. The summed E-state index contributed by atoms with van der Waals surface area (Å²) in [5.74, 6) is 0.0932. The average Bonchev–Trinajstić information content (AvgIpc) is 3.38. The summed E-state index contributed by atoms with van der Waals surface area (Å²) < 4.78 is 37.6. The first-order valence-electron chi connectivity index (χ1n) is 10.1. The monoisotopic (exact) mass is 433 g/mol. The highest BCUT2D eigenvalue weighted by Crippen LogP contribution is 2.39. The van der Waals surface area contributed by atoms with Gasteiger partial charge in [0, 0.05) is 5.69 Å². The molecule has 1 unspecified atom stereocenters. The minimum atomic E-state index is -3.61. The second-order valence-electron chi connectivity index (χ2n) is 8.50. The van der Waals surface area contributed by atoms with E-state index < -0.39 is 21.6 Å². The van der Waals surface area contributed by atoms with Gasteiger partial charge >= 0.3 is 6.03 Å². The second-order valence-corrected chi connectivity index (χ2v) is 10.3. The molecule has 2 atom stereocenters. The molecule has 3 aliphatic rings. The lowest BCUT2D eigenvalue weighted by atomic mass is 9.99. The topological polar surface area (TPSA) is 112 Å². The maximum absolute atomic E-state index is 14.2. The van der Waals surface area contributed by atoms with Crippen LogP contribution in [0.25, 0.3) is 0 Å². The first-order valence-corrected chi connectivity index (χ1v) is 11.7. The van der Waals surface area contributed by atoms with Crippen molar-refractivity contribution < 1.29 is 18.1 Å². The number of nitrogens with two attached hydrogens (primary N) is 1. The van der Waals surface area contributed by atoms with Gasteiger partial charge in [-0.05, 0) is 67.7 Å². The van der Waals surface area contributed by atoms with Gasteiger partial charge in [0.15, 0.2) is 15.6 Å². The van der Waals surface area contributed by atoms with Crippen LogP contribution >= 0.6 is 0 Å². The molecule has 160 valence electrons. The molecule has 0 spiro atoms. The first kappa shape index (κ1) is 19.5. The molecule has 0 fully saturated rings. The summed E-state index contributed by atoms with van der Waals surface area (Å²) in [6, 6.07) is 1.50. The summed E-state index contributed by atoms with van der Waals surface area (Å²) in [4.78, 5) is 12.7. The van der Waals surface area contributed by atoms with Crippen LogP contribution < -0.4 is 15.2 Å². The Balaban J connectivity index is 1.47. The number of hydrogen-bond donors (Lipinski definition) is 2. The van der Waals surface area contributed by atoms with Gasteiger partial charge in [-0.2, -0.15) is 5.10 Å². The number of aryl methyl sites for hydroxylation is 2. The molecule has 30 heavy (non-hydrogen) atoms. The predicted molar refractivity (Wildman–Crippen MR) is 110 cm³/mol. The number of aromatic nitrogens is 2. The third kappa shape index (κ3) is 3.27. The van der Waals surface area contributed by atoms with Crippen LogP contribution in [0, 0.1) is 0 Å². The number of alkyl halides is 1. The van der Waals surface area contributed by atoms with E-state index in [1.807, 2.05) is 0 Å². The summed E-state index contributed by atoms with van der Waals surface area (Å²) in [6.45, 7) is 1.13. The first-order chi connectivity index (χ1) is 14.2. The van der Waals surface area contributed by atoms with Gasteiger partial charge in [0.1, 0.15) is 11.5 Å². The van der Waals surface area contributed by atoms with Crippen molar-refractivity contribution in [2.24, 2.45) is 9.50 Å². The number of benzene rings is 1. The lowest BCUT2D eigenvalue weighted by molar-refractivity contribution is 0.0411. The highest BCUT2D eigenvalue weighted by atomic mass is 32.2. The van der Waals surface area contributed by atoms with Gasteiger partial charge in [-0.25, -0.2) is 23.2 Å². The molecular formula is C20H24FN5O3S. The molecule has 1 aromatic heterocycles. The van der Waals surface area contributed by atoms with Crippen molar-refractivity contribution in [3.63, 3.8) is 0 Å². The summed E-state index contributed by atoms with van der Waals surface area (Å²) >= 11 is 0. The van der Waals surface area contributed by atoms with E-state index in [4.69, 9.17) is 9.88 Å². The summed E-state index contributed by atoms with van der Waals surface area (Å²) in [7, 11) is -3.61. The van der Waals surface area contributed by atoms with Crippen molar-refractivity contribution in [2.75, 3.05) is 11.9 Å². The van der Waals surface area contributed by atoms with E-state index >= 15 is 0 Å². The second kappa shape index (κ2) is 6.78.